The van der Waals surface area contributed by atoms with Crippen LogP contribution in [-0.2, 0) is 6.54 Å². The average Bonchev–Trinajstić information content (AvgIpc) is 2.37. The van der Waals surface area contributed by atoms with E-state index in [1.807, 2.05) is 12.1 Å². The fraction of sp³-hybridized carbons (Fsp3) is 0.600. The van der Waals surface area contributed by atoms with Crippen LogP contribution in [0.15, 0.2) is 18.2 Å². The molecule has 1 aliphatic rings. The third-order valence-electron chi connectivity index (χ3n) is 4.33. The fourth-order valence-electron chi connectivity index (χ4n) is 2.51. The molecule has 3 heteroatoms. The summed E-state index contributed by atoms with van der Waals surface area (Å²) >= 11 is 5.93. The van der Waals surface area contributed by atoms with Gasteiger partial charge in [-0.25, -0.2) is 0 Å². The van der Waals surface area contributed by atoms with Gasteiger partial charge in [0.15, 0.2) is 0 Å². The maximum atomic E-state index is 9.40. The molecular weight excluding hydrogens is 246 g/mol. The number of hydrogen-bond acceptors (Lipinski definition) is 2. The van der Waals surface area contributed by atoms with Crippen molar-refractivity contribution in [1.29, 1.82) is 0 Å². The molecule has 0 spiro atoms. The lowest BCUT2D eigenvalue weighted by atomic mass is 9.78. The topological polar surface area (TPSA) is 23.5 Å². The number of likely N-dealkylation sites (tertiary alicyclic amines) is 1. The maximum Gasteiger partial charge on any atom is 0.134 e. The van der Waals surface area contributed by atoms with Crippen LogP contribution in [-0.4, -0.2) is 23.1 Å². The molecule has 1 fully saturated rings. The van der Waals surface area contributed by atoms with Gasteiger partial charge in [0.2, 0.25) is 0 Å². The molecule has 1 aromatic rings. The van der Waals surface area contributed by atoms with Gasteiger partial charge in [0.1, 0.15) is 5.75 Å². The lowest BCUT2D eigenvalue weighted by Crippen LogP contribution is -2.37. The maximum absolute atomic E-state index is 9.40. The normalized spacial score (nSPS) is 19.9. The summed E-state index contributed by atoms with van der Waals surface area (Å²) in [5.41, 5.74) is 1.71. The molecule has 0 amide bonds. The van der Waals surface area contributed by atoms with E-state index in [-0.39, 0.29) is 5.75 Å². The largest absolute Gasteiger partial charge is 0.506 e. The quantitative estimate of drug-likeness (QED) is 0.893. The van der Waals surface area contributed by atoms with E-state index in [0.29, 0.717) is 10.4 Å². The molecule has 0 aromatic heterocycles. The summed E-state index contributed by atoms with van der Waals surface area (Å²) in [6.45, 7) is 7.92. The number of halogens is 1. The van der Waals surface area contributed by atoms with Crippen molar-refractivity contribution in [2.45, 2.75) is 39.7 Å². The van der Waals surface area contributed by atoms with Gasteiger partial charge in [0, 0.05) is 6.54 Å². The van der Waals surface area contributed by atoms with E-state index in [1.54, 1.807) is 6.07 Å². The molecule has 1 N–H and O–H groups in total. The van der Waals surface area contributed by atoms with Crippen LogP contribution in [0.1, 0.15) is 38.7 Å². The minimum atomic E-state index is 0.164. The van der Waals surface area contributed by atoms with E-state index >= 15 is 0 Å². The van der Waals surface area contributed by atoms with Crippen molar-refractivity contribution in [1.82, 2.24) is 4.90 Å². The molecule has 0 radical (unpaired) electrons. The second-order valence-corrected chi connectivity index (χ2v) is 6.13. The summed E-state index contributed by atoms with van der Waals surface area (Å²) in [6.07, 6.45) is 3.82. The van der Waals surface area contributed by atoms with Crippen molar-refractivity contribution in [3.8, 4) is 5.75 Å². The zero-order valence-electron chi connectivity index (χ0n) is 11.2. The Kier molecular flexibility index (Phi) is 4.18. The zero-order chi connectivity index (χ0) is 13.2. The zero-order valence-corrected chi connectivity index (χ0v) is 12.0. The molecule has 1 heterocycles. The van der Waals surface area contributed by atoms with Crippen LogP contribution < -0.4 is 0 Å². The highest BCUT2D eigenvalue weighted by Gasteiger charge is 2.28. The van der Waals surface area contributed by atoms with Crippen LogP contribution in [0, 0.1) is 5.41 Å². The van der Waals surface area contributed by atoms with Gasteiger partial charge in [-0.05, 0) is 49.0 Å². The molecule has 0 atom stereocenters. The third kappa shape index (κ3) is 3.18. The third-order valence-corrected chi connectivity index (χ3v) is 4.64. The first-order valence-electron chi connectivity index (χ1n) is 6.72. The van der Waals surface area contributed by atoms with Gasteiger partial charge >= 0.3 is 0 Å². The van der Waals surface area contributed by atoms with Crippen molar-refractivity contribution in [3.05, 3.63) is 28.8 Å². The van der Waals surface area contributed by atoms with Crippen molar-refractivity contribution in [3.63, 3.8) is 0 Å². The van der Waals surface area contributed by atoms with Gasteiger partial charge in [-0.15, -0.1) is 0 Å². The van der Waals surface area contributed by atoms with Gasteiger partial charge in [0.25, 0.3) is 0 Å². The van der Waals surface area contributed by atoms with Crippen LogP contribution in [0.3, 0.4) is 0 Å². The number of phenolic OH excluding ortho intramolecular Hbond substituents is 1. The molecule has 0 unspecified atom stereocenters. The van der Waals surface area contributed by atoms with E-state index < -0.39 is 0 Å². The molecule has 0 bridgehead atoms. The molecule has 18 heavy (non-hydrogen) atoms. The summed E-state index contributed by atoms with van der Waals surface area (Å²) in [5.74, 6) is 0.164. The van der Waals surface area contributed by atoms with E-state index in [4.69, 9.17) is 11.6 Å². The van der Waals surface area contributed by atoms with Crippen molar-refractivity contribution >= 4 is 11.6 Å². The number of aromatic hydroxyl groups is 1. The number of rotatable bonds is 3. The average molecular weight is 268 g/mol. The molecular formula is C15H22ClNO. The first kappa shape index (κ1) is 13.7. The van der Waals surface area contributed by atoms with E-state index in [0.717, 1.165) is 19.6 Å². The second kappa shape index (κ2) is 5.50. The highest BCUT2D eigenvalue weighted by molar-refractivity contribution is 6.32. The minimum absolute atomic E-state index is 0.164. The predicted molar refractivity (Wildman–Crippen MR) is 76.0 cm³/mol. The van der Waals surface area contributed by atoms with Gasteiger partial charge in [0.05, 0.1) is 5.02 Å². The number of phenols is 1. The Morgan fingerprint density at radius 2 is 2.00 bits per heavy atom. The molecule has 0 aliphatic carbocycles. The van der Waals surface area contributed by atoms with E-state index in [9.17, 15) is 5.11 Å². The van der Waals surface area contributed by atoms with E-state index in [2.05, 4.69) is 18.7 Å². The highest BCUT2D eigenvalue weighted by Crippen LogP contribution is 2.34. The summed E-state index contributed by atoms with van der Waals surface area (Å²) in [5, 5.41) is 9.85. The van der Waals surface area contributed by atoms with Crippen LogP contribution in [0.4, 0.5) is 0 Å². The molecule has 100 valence electrons. The van der Waals surface area contributed by atoms with Crippen LogP contribution in [0.5, 0.6) is 5.75 Å². The van der Waals surface area contributed by atoms with Gasteiger partial charge in [-0.2, -0.15) is 0 Å². The van der Waals surface area contributed by atoms with Crippen LogP contribution >= 0.6 is 11.6 Å². The Morgan fingerprint density at radius 3 is 2.56 bits per heavy atom. The van der Waals surface area contributed by atoms with Gasteiger partial charge in [-0.3, -0.25) is 4.90 Å². The smallest absolute Gasteiger partial charge is 0.134 e. The van der Waals surface area contributed by atoms with Gasteiger partial charge in [-0.1, -0.05) is 37.9 Å². The minimum Gasteiger partial charge on any atom is -0.506 e. The number of benzene rings is 1. The second-order valence-electron chi connectivity index (χ2n) is 5.73. The van der Waals surface area contributed by atoms with Crippen molar-refractivity contribution < 1.29 is 5.11 Å². The Balaban J connectivity index is 1.93. The fourth-order valence-corrected chi connectivity index (χ4v) is 2.71. The summed E-state index contributed by atoms with van der Waals surface area (Å²) < 4.78 is 0. The number of nitrogens with zero attached hydrogens (tertiary/aromatic N) is 1. The molecule has 2 nitrogen and oxygen atoms in total. The van der Waals surface area contributed by atoms with Crippen LogP contribution in [0.25, 0.3) is 0 Å². The highest BCUT2D eigenvalue weighted by atomic mass is 35.5. The summed E-state index contributed by atoms with van der Waals surface area (Å²) in [6, 6.07) is 5.50. The van der Waals surface area contributed by atoms with E-state index in [1.165, 1.54) is 24.8 Å². The van der Waals surface area contributed by atoms with Crippen molar-refractivity contribution in [2.75, 3.05) is 13.1 Å². The molecule has 2 rings (SSSR count). The summed E-state index contributed by atoms with van der Waals surface area (Å²) in [7, 11) is 0. The predicted octanol–water partition coefficient (Wildman–Crippen LogP) is 4.06. The number of piperidine rings is 1. The van der Waals surface area contributed by atoms with Crippen LogP contribution in [0.2, 0.25) is 5.02 Å². The standard InChI is InChI=1S/C15H22ClNO/c1-3-15(2)6-8-17(9-7-15)11-12-4-5-14(18)13(16)10-12/h4-5,10,18H,3,6-9,11H2,1-2H3. The Labute approximate surface area is 115 Å². The van der Waals surface area contributed by atoms with Gasteiger partial charge < -0.3 is 5.11 Å². The van der Waals surface area contributed by atoms with Crippen molar-refractivity contribution in [2.24, 2.45) is 5.41 Å². The molecule has 1 aliphatic heterocycles. The monoisotopic (exact) mass is 267 g/mol. The lowest BCUT2D eigenvalue weighted by molar-refractivity contribution is 0.109. The Bertz CT molecular complexity index is 411. The first-order valence-corrected chi connectivity index (χ1v) is 7.10. The SMILES string of the molecule is CCC1(C)CCN(Cc2ccc(O)c(Cl)c2)CC1. The summed E-state index contributed by atoms with van der Waals surface area (Å²) in [4.78, 5) is 2.47. The first-order chi connectivity index (χ1) is 8.52. The molecule has 0 saturated carbocycles. The lowest BCUT2D eigenvalue weighted by Gasteiger charge is -2.39. The molecule has 1 aromatic carbocycles. The Morgan fingerprint density at radius 1 is 1.33 bits per heavy atom. The molecule has 1 saturated heterocycles. The Hall–Kier alpha value is -0.730. The number of hydrogen-bond donors (Lipinski definition) is 1.